The minimum absolute atomic E-state index is 0.0926. The summed E-state index contributed by atoms with van der Waals surface area (Å²) >= 11 is 0. The second kappa shape index (κ2) is 6.49. The molecule has 0 bridgehead atoms. The maximum atomic E-state index is 13.6. The van der Waals surface area contributed by atoms with Crippen molar-refractivity contribution in [3.8, 4) is 6.07 Å². The number of nitrogens with one attached hydrogen (secondary N) is 1. The summed E-state index contributed by atoms with van der Waals surface area (Å²) in [7, 11) is 0. The number of rotatable bonds is 4. The van der Waals surface area contributed by atoms with Crippen LogP contribution in [0.2, 0.25) is 0 Å². The summed E-state index contributed by atoms with van der Waals surface area (Å²) < 4.78 is 13.6. The monoisotopic (exact) mass is 276 g/mol. The Morgan fingerprint density at radius 2 is 2.30 bits per heavy atom. The summed E-state index contributed by atoms with van der Waals surface area (Å²) in [5.41, 5.74) is 0.872. The number of halogens is 1. The van der Waals surface area contributed by atoms with E-state index in [9.17, 15) is 9.18 Å². The van der Waals surface area contributed by atoms with E-state index in [1.807, 2.05) is 6.07 Å². The van der Waals surface area contributed by atoms with Crippen LogP contribution in [0.1, 0.15) is 36.8 Å². The lowest BCUT2D eigenvalue weighted by Crippen LogP contribution is -2.36. The zero-order valence-electron chi connectivity index (χ0n) is 11.1. The van der Waals surface area contributed by atoms with Crippen molar-refractivity contribution < 1.29 is 14.3 Å². The summed E-state index contributed by atoms with van der Waals surface area (Å²) in [6.45, 7) is 0.318. The second-order valence-corrected chi connectivity index (χ2v) is 5.20. The van der Waals surface area contributed by atoms with Crippen LogP contribution in [0.25, 0.3) is 0 Å². The standard InChI is InChI=1S/C15H17FN2O2/c16-14-5-4-10(8-17)6-12(14)9-18-13-3-1-2-11(7-13)15(19)20/h4-6,11,13,18H,1-3,7,9H2,(H,19,20). The molecule has 0 aliphatic heterocycles. The zero-order valence-corrected chi connectivity index (χ0v) is 11.1. The largest absolute Gasteiger partial charge is 0.481 e. The van der Waals surface area contributed by atoms with E-state index in [0.29, 0.717) is 30.5 Å². The minimum Gasteiger partial charge on any atom is -0.481 e. The number of carbonyl (C=O) groups is 1. The van der Waals surface area contributed by atoms with Gasteiger partial charge in [0.2, 0.25) is 0 Å². The number of carboxylic acids is 1. The fourth-order valence-electron chi connectivity index (χ4n) is 2.63. The van der Waals surface area contributed by atoms with Gasteiger partial charge in [0.1, 0.15) is 5.82 Å². The molecule has 4 nitrogen and oxygen atoms in total. The molecule has 106 valence electrons. The molecule has 0 amide bonds. The Morgan fingerprint density at radius 1 is 1.50 bits per heavy atom. The number of carboxylic acid groups (broad SMARTS) is 1. The Hall–Kier alpha value is -1.93. The zero-order chi connectivity index (χ0) is 14.5. The molecule has 1 saturated carbocycles. The second-order valence-electron chi connectivity index (χ2n) is 5.20. The minimum atomic E-state index is -0.755. The van der Waals surface area contributed by atoms with Crippen LogP contribution in [0, 0.1) is 23.1 Å². The molecule has 1 aliphatic rings. The first kappa shape index (κ1) is 14.5. The van der Waals surface area contributed by atoms with Crippen molar-refractivity contribution in [2.24, 2.45) is 5.92 Å². The molecule has 1 aromatic carbocycles. The average molecular weight is 276 g/mol. The first-order chi connectivity index (χ1) is 9.60. The molecule has 20 heavy (non-hydrogen) atoms. The summed E-state index contributed by atoms with van der Waals surface area (Å²) in [6.07, 6.45) is 3.07. The molecule has 2 unspecified atom stereocenters. The Labute approximate surface area is 117 Å². The molecule has 0 spiro atoms. The lowest BCUT2D eigenvalue weighted by molar-refractivity contribution is -0.143. The van der Waals surface area contributed by atoms with E-state index < -0.39 is 5.97 Å². The van der Waals surface area contributed by atoms with Crippen LogP contribution in [0.4, 0.5) is 4.39 Å². The van der Waals surface area contributed by atoms with Crippen molar-refractivity contribution >= 4 is 5.97 Å². The van der Waals surface area contributed by atoms with E-state index in [4.69, 9.17) is 10.4 Å². The molecule has 5 heteroatoms. The fraction of sp³-hybridized carbons (Fsp3) is 0.467. The van der Waals surface area contributed by atoms with Crippen molar-refractivity contribution in [3.05, 3.63) is 35.1 Å². The topological polar surface area (TPSA) is 73.1 Å². The highest BCUT2D eigenvalue weighted by atomic mass is 19.1. The van der Waals surface area contributed by atoms with Gasteiger partial charge in [0, 0.05) is 18.2 Å². The van der Waals surface area contributed by atoms with Crippen LogP contribution in [-0.4, -0.2) is 17.1 Å². The maximum absolute atomic E-state index is 13.6. The summed E-state index contributed by atoms with van der Waals surface area (Å²) in [6, 6.07) is 6.34. The van der Waals surface area contributed by atoms with E-state index in [0.717, 1.165) is 12.8 Å². The molecule has 2 atom stereocenters. The Balaban J connectivity index is 1.95. The predicted octanol–water partition coefficient (Wildman–Crippen LogP) is 2.43. The molecule has 1 aliphatic carbocycles. The predicted molar refractivity (Wildman–Crippen MR) is 71.3 cm³/mol. The van der Waals surface area contributed by atoms with Crippen molar-refractivity contribution in [1.82, 2.24) is 5.32 Å². The van der Waals surface area contributed by atoms with E-state index in [1.54, 1.807) is 0 Å². The van der Waals surface area contributed by atoms with Gasteiger partial charge >= 0.3 is 5.97 Å². The van der Waals surface area contributed by atoms with Gasteiger partial charge in [-0.25, -0.2) is 4.39 Å². The molecule has 0 saturated heterocycles. The van der Waals surface area contributed by atoms with E-state index in [1.165, 1.54) is 18.2 Å². The third-order valence-electron chi connectivity index (χ3n) is 3.78. The van der Waals surface area contributed by atoms with Crippen LogP contribution >= 0.6 is 0 Å². The molecule has 1 fully saturated rings. The number of nitriles is 1. The Morgan fingerprint density at radius 3 is 3.00 bits per heavy atom. The van der Waals surface area contributed by atoms with E-state index in [2.05, 4.69) is 5.32 Å². The highest BCUT2D eigenvalue weighted by Crippen LogP contribution is 2.24. The van der Waals surface area contributed by atoms with Gasteiger partial charge < -0.3 is 10.4 Å². The highest BCUT2D eigenvalue weighted by Gasteiger charge is 2.26. The smallest absolute Gasteiger partial charge is 0.306 e. The van der Waals surface area contributed by atoms with Crippen molar-refractivity contribution in [2.75, 3.05) is 0 Å². The number of benzene rings is 1. The van der Waals surface area contributed by atoms with Gasteiger partial charge in [-0.2, -0.15) is 5.26 Å². The molecular formula is C15H17FN2O2. The Kier molecular flexibility index (Phi) is 4.70. The summed E-state index contributed by atoms with van der Waals surface area (Å²) in [5.74, 6) is -1.41. The van der Waals surface area contributed by atoms with Crippen LogP contribution in [-0.2, 0) is 11.3 Å². The first-order valence-corrected chi connectivity index (χ1v) is 6.75. The SMILES string of the molecule is N#Cc1ccc(F)c(CNC2CCCC(C(=O)O)C2)c1. The van der Waals surface area contributed by atoms with Gasteiger partial charge in [-0.15, -0.1) is 0 Å². The average Bonchev–Trinajstić information content (AvgIpc) is 2.46. The van der Waals surface area contributed by atoms with Crippen molar-refractivity contribution in [2.45, 2.75) is 38.3 Å². The summed E-state index contributed by atoms with van der Waals surface area (Å²) in [4.78, 5) is 11.0. The molecule has 0 aromatic heterocycles. The van der Waals surface area contributed by atoms with Crippen LogP contribution in [0.15, 0.2) is 18.2 Å². The third-order valence-corrected chi connectivity index (χ3v) is 3.78. The number of nitrogens with zero attached hydrogens (tertiary/aromatic N) is 1. The molecule has 2 rings (SSSR count). The van der Waals surface area contributed by atoms with Gasteiger partial charge in [0.15, 0.2) is 0 Å². The number of hydrogen-bond donors (Lipinski definition) is 2. The van der Waals surface area contributed by atoms with Gasteiger partial charge in [0.25, 0.3) is 0 Å². The maximum Gasteiger partial charge on any atom is 0.306 e. The van der Waals surface area contributed by atoms with Gasteiger partial charge in [0.05, 0.1) is 17.6 Å². The van der Waals surface area contributed by atoms with Crippen molar-refractivity contribution in [1.29, 1.82) is 5.26 Å². The first-order valence-electron chi connectivity index (χ1n) is 6.75. The van der Waals surface area contributed by atoms with Crippen LogP contribution < -0.4 is 5.32 Å². The van der Waals surface area contributed by atoms with Crippen LogP contribution in [0.3, 0.4) is 0 Å². The summed E-state index contributed by atoms with van der Waals surface area (Å²) in [5, 5.41) is 21.0. The quantitative estimate of drug-likeness (QED) is 0.885. The van der Waals surface area contributed by atoms with Crippen LogP contribution in [0.5, 0.6) is 0 Å². The van der Waals surface area contributed by atoms with Gasteiger partial charge in [-0.05, 0) is 37.5 Å². The third kappa shape index (κ3) is 3.55. The fourth-order valence-corrected chi connectivity index (χ4v) is 2.63. The molecule has 1 aromatic rings. The number of aliphatic carboxylic acids is 1. The molecule has 0 heterocycles. The lowest BCUT2D eigenvalue weighted by atomic mass is 9.85. The van der Waals surface area contributed by atoms with Crippen molar-refractivity contribution in [3.63, 3.8) is 0 Å². The molecule has 0 radical (unpaired) electrons. The molecular weight excluding hydrogens is 259 g/mol. The highest BCUT2D eigenvalue weighted by molar-refractivity contribution is 5.70. The van der Waals surface area contributed by atoms with E-state index >= 15 is 0 Å². The van der Waals surface area contributed by atoms with E-state index in [-0.39, 0.29) is 17.8 Å². The Bertz CT molecular complexity index is 539. The lowest BCUT2D eigenvalue weighted by Gasteiger charge is -2.27. The van der Waals surface area contributed by atoms with Gasteiger partial charge in [-0.3, -0.25) is 4.79 Å². The molecule has 2 N–H and O–H groups in total. The number of hydrogen-bond acceptors (Lipinski definition) is 3. The normalized spacial score (nSPS) is 22.2. The van der Waals surface area contributed by atoms with Gasteiger partial charge in [-0.1, -0.05) is 6.42 Å².